The number of unbranched alkanes of at least 4 members (excludes halogenated alkanes) is 2. The zero-order valence-corrected chi connectivity index (χ0v) is 10.9. The molecule has 1 aromatic carbocycles. The first-order valence-corrected chi connectivity index (χ1v) is 6.47. The minimum Gasteiger partial charge on any atom is -0.373 e. The largest absolute Gasteiger partial charge is 0.373 e. The molecule has 94 valence electrons. The fourth-order valence-corrected chi connectivity index (χ4v) is 1.63. The van der Waals surface area contributed by atoms with E-state index in [1.165, 1.54) is 18.4 Å². The highest BCUT2D eigenvalue weighted by Gasteiger charge is 2.05. The predicted molar refractivity (Wildman–Crippen MR) is 70.5 cm³/mol. The maximum absolute atomic E-state index is 11.8. The third-order valence-corrected chi connectivity index (χ3v) is 2.81. The molecule has 2 nitrogen and oxygen atoms in total. The molecular formula is C15H22O2. The Kier molecular flexibility index (Phi) is 6.56. The number of carbonyl (C=O) groups is 1. The predicted octanol–water partition coefficient (Wildman–Crippen LogP) is 3.64. The molecule has 0 heterocycles. The van der Waals surface area contributed by atoms with Crippen molar-refractivity contribution in [3.05, 3.63) is 35.4 Å². The van der Waals surface area contributed by atoms with E-state index in [2.05, 4.69) is 13.8 Å². The van der Waals surface area contributed by atoms with Crippen LogP contribution in [-0.2, 0) is 11.2 Å². The molecule has 0 spiro atoms. The van der Waals surface area contributed by atoms with Crippen molar-refractivity contribution in [2.75, 3.05) is 13.2 Å². The van der Waals surface area contributed by atoms with Gasteiger partial charge in [0.2, 0.25) is 0 Å². The Balaban J connectivity index is 2.31. The van der Waals surface area contributed by atoms with Crippen LogP contribution in [0.4, 0.5) is 0 Å². The Hall–Kier alpha value is -1.15. The van der Waals surface area contributed by atoms with Crippen LogP contribution >= 0.6 is 0 Å². The zero-order valence-electron chi connectivity index (χ0n) is 10.9. The summed E-state index contributed by atoms with van der Waals surface area (Å²) in [6.07, 6.45) is 4.38. The van der Waals surface area contributed by atoms with Crippen molar-refractivity contribution in [3.8, 4) is 0 Å². The molecule has 0 saturated carbocycles. The van der Waals surface area contributed by atoms with E-state index in [0.29, 0.717) is 6.61 Å². The van der Waals surface area contributed by atoms with E-state index in [1.807, 2.05) is 24.3 Å². The zero-order chi connectivity index (χ0) is 12.5. The van der Waals surface area contributed by atoms with Gasteiger partial charge in [0.1, 0.15) is 6.61 Å². The highest BCUT2D eigenvalue weighted by Crippen LogP contribution is 2.06. The third kappa shape index (κ3) is 5.14. The Bertz CT molecular complexity index is 327. The molecule has 0 fully saturated rings. The number of Topliss-reactive ketones (excluding diaryl/α,β-unsaturated/α-hetero) is 1. The number of hydrogen-bond donors (Lipinski definition) is 0. The molecule has 0 N–H and O–H groups in total. The summed E-state index contributed by atoms with van der Waals surface area (Å²) in [7, 11) is 0. The van der Waals surface area contributed by atoms with Gasteiger partial charge in [-0.05, 0) is 18.4 Å². The van der Waals surface area contributed by atoms with E-state index in [9.17, 15) is 4.79 Å². The van der Waals surface area contributed by atoms with E-state index in [1.54, 1.807) is 0 Å². The Morgan fingerprint density at radius 3 is 2.41 bits per heavy atom. The second kappa shape index (κ2) is 8.02. The molecule has 0 unspecified atom stereocenters. The first kappa shape index (κ1) is 13.9. The van der Waals surface area contributed by atoms with Crippen molar-refractivity contribution in [3.63, 3.8) is 0 Å². The van der Waals surface area contributed by atoms with Gasteiger partial charge in [0.15, 0.2) is 5.78 Å². The van der Waals surface area contributed by atoms with E-state index in [0.717, 1.165) is 18.4 Å². The minimum absolute atomic E-state index is 0.0733. The summed E-state index contributed by atoms with van der Waals surface area (Å²) in [5, 5.41) is 0. The smallest absolute Gasteiger partial charge is 0.188 e. The summed E-state index contributed by atoms with van der Waals surface area (Å²) >= 11 is 0. The fraction of sp³-hybridized carbons (Fsp3) is 0.533. The molecule has 0 radical (unpaired) electrons. The Labute approximate surface area is 104 Å². The molecule has 0 aliphatic heterocycles. The van der Waals surface area contributed by atoms with Gasteiger partial charge in [-0.3, -0.25) is 4.79 Å². The molecule has 0 amide bonds. The average Bonchev–Trinajstić information content (AvgIpc) is 2.38. The monoisotopic (exact) mass is 234 g/mol. The minimum atomic E-state index is 0.0733. The molecular weight excluding hydrogens is 212 g/mol. The fourth-order valence-electron chi connectivity index (χ4n) is 1.63. The molecule has 0 aliphatic carbocycles. The second-order valence-electron chi connectivity index (χ2n) is 4.23. The van der Waals surface area contributed by atoms with Crippen LogP contribution in [0.3, 0.4) is 0 Å². The second-order valence-corrected chi connectivity index (χ2v) is 4.23. The number of rotatable bonds is 8. The molecule has 1 aromatic rings. The van der Waals surface area contributed by atoms with Crippen LogP contribution in [0.15, 0.2) is 24.3 Å². The number of carbonyl (C=O) groups excluding carboxylic acids is 1. The van der Waals surface area contributed by atoms with Crippen LogP contribution in [0, 0.1) is 0 Å². The molecule has 0 atom stereocenters. The molecule has 0 saturated heterocycles. The molecule has 1 rings (SSSR count). The summed E-state index contributed by atoms with van der Waals surface area (Å²) in [5.41, 5.74) is 2.00. The highest BCUT2D eigenvalue weighted by atomic mass is 16.5. The van der Waals surface area contributed by atoms with Gasteiger partial charge in [0.05, 0.1) is 0 Å². The maximum Gasteiger partial charge on any atom is 0.188 e. The maximum atomic E-state index is 11.8. The molecule has 17 heavy (non-hydrogen) atoms. The van der Waals surface area contributed by atoms with Crippen molar-refractivity contribution in [2.24, 2.45) is 0 Å². The van der Waals surface area contributed by atoms with Gasteiger partial charge in [-0.25, -0.2) is 0 Å². The van der Waals surface area contributed by atoms with Crippen LogP contribution in [-0.4, -0.2) is 19.0 Å². The van der Waals surface area contributed by atoms with Crippen LogP contribution in [0.5, 0.6) is 0 Å². The Morgan fingerprint density at radius 2 is 1.82 bits per heavy atom. The summed E-state index contributed by atoms with van der Waals surface area (Å²) < 4.78 is 5.36. The van der Waals surface area contributed by atoms with Crippen molar-refractivity contribution in [1.29, 1.82) is 0 Å². The van der Waals surface area contributed by atoms with Gasteiger partial charge < -0.3 is 4.74 Å². The van der Waals surface area contributed by atoms with E-state index < -0.39 is 0 Å². The van der Waals surface area contributed by atoms with Gasteiger partial charge in [0.25, 0.3) is 0 Å². The first-order valence-electron chi connectivity index (χ1n) is 6.47. The topological polar surface area (TPSA) is 26.3 Å². The van der Waals surface area contributed by atoms with Crippen molar-refractivity contribution in [1.82, 2.24) is 0 Å². The third-order valence-electron chi connectivity index (χ3n) is 2.81. The van der Waals surface area contributed by atoms with E-state index >= 15 is 0 Å². The van der Waals surface area contributed by atoms with Crippen molar-refractivity contribution < 1.29 is 9.53 Å². The van der Waals surface area contributed by atoms with Crippen LogP contribution in [0.25, 0.3) is 0 Å². The number of ketones is 1. The lowest BCUT2D eigenvalue weighted by Gasteiger charge is -2.04. The summed E-state index contributed by atoms with van der Waals surface area (Å²) in [6, 6.07) is 7.78. The van der Waals surface area contributed by atoms with Gasteiger partial charge in [-0.15, -0.1) is 0 Å². The number of hydrogen-bond acceptors (Lipinski definition) is 2. The number of aryl methyl sites for hydroxylation is 1. The molecule has 0 aliphatic rings. The number of ether oxygens (including phenoxy) is 1. The first-order chi connectivity index (χ1) is 8.27. The average molecular weight is 234 g/mol. The van der Waals surface area contributed by atoms with Gasteiger partial charge >= 0.3 is 0 Å². The lowest BCUT2D eigenvalue weighted by atomic mass is 10.1. The van der Waals surface area contributed by atoms with Crippen LogP contribution in [0.2, 0.25) is 0 Å². The SMILES string of the molecule is CCCCCOCC(=O)c1ccc(CC)cc1. The summed E-state index contributed by atoms with van der Waals surface area (Å²) in [6.45, 7) is 5.15. The van der Waals surface area contributed by atoms with Crippen LogP contribution < -0.4 is 0 Å². The van der Waals surface area contributed by atoms with Crippen molar-refractivity contribution >= 4 is 5.78 Å². The van der Waals surface area contributed by atoms with Crippen LogP contribution in [0.1, 0.15) is 49.0 Å². The lowest BCUT2D eigenvalue weighted by Crippen LogP contribution is -2.09. The Morgan fingerprint density at radius 1 is 1.12 bits per heavy atom. The normalized spacial score (nSPS) is 10.5. The lowest BCUT2D eigenvalue weighted by molar-refractivity contribution is 0.0753. The summed E-state index contributed by atoms with van der Waals surface area (Å²) in [5.74, 6) is 0.0733. The van der Waals surface area contributed by atoms with E-state index in [-0.39, 0.29) is 12.4 Å². The van der Waals surface area contributed by atoms with Crippen molar-refractivity contribution in [2.45, 2.75) is 39.5 Å². The van der Waals surface area contributed by atoms with E-state index in [4.69, 9.17) is 4.74 Å². The van der Waals surface area contributed by atoms with Gasteiger partial charge in [-0.1, -0.05) is 51.0 Å². The standard InChI is InChI=1S/C15H22O2/c1-3-5-6-11-17-12-15(16)14-9-7-13(4-2)8-10-14/h7-10H,3-6,11-12H2,1-2H3. The van der Waals surface area contributed by atoms with Gasteiger partial charge in [-0.2, -0.15) is 0 Å². The molecule has 0 aromatic heterocycles. The highest BCUT2D eigenvalue weighted by molar-refractivity contribution is 5.97. The summed E-state index contributed by atoms with van der Waals surface area (Å²) in [4.78, 5) is 11.8. The molecule has 2 heteroatoms. The molecule has 0 bridgehead atoms. The quantitative estimate of drug-likeness (QED) is 0.507. The number of benzene rings is 1. The van der Waals surface area contributed by atoms with Gasteiger partial charge in [0, 0.05) is 12.2 Å².